The Morgan fingerprint density at radius 1 is 1.05 bits per heavy atom. The summed E-state index contributed by atoms with van der Waals surface area (Å²) in [6.45, 7) is 3.73. The summed E-state index contributed by atoms with van der Waals surface area (Å²) in [5.74, 6) is 0.748. The number of benzene rings is 1. The lowest BCUT2D eigenvalue weighted by Gasteiger charge is -2.24. The van der Waals surface area contributed by atoms with Gasteiger partial charge in [-0.05, 0) is 61.9 Å². The Hall–Kier alpha value is -1.77. The summed E-state index contributed by atoms with van der Waals surface area (Å²) in [6.07, 6.45) is 2.58. The molecule has 2 aliphatic rings. The van der Waals surface area contributed by atoms with E-state index >= 15 is 0 Å². The second kappa shape index (κ2) is 4.12. The van der Waals surface area contributed by atoms with E-state index in [9.17, 15) is 15.0 Å². The van der Waals surface area contributed by atoms with Crippen molar-refractivity contribution in [3.8, 4) is 5.75 Å². The molecule has 3 nitrogen and oxygen atoms in total. The number of hydrogen-bond donors (Lipinski definition) is 2. The monoisotopic (exact) mass is 258 g/mol. The first kappa shape index (κ1) is 12.3. The minimum absolute atomic E-state index is 0.0724. The molecule has 0 aliphatic heterocycles. The number of rotatable bonds is 1. The molecular formula is C16H18O3. The fourth-order valence-corrected chi connectivity index (χ4v) is 3.59. The van der Waals surface area contributed by atoms with Gasteiger partial charge in [-0.25, -0.2) is 0 Å². The van der Waals surface area contributed by atoms with Gasteiger partial charge < -0.3 is 10.2 Å². The van der Waals surface area contributed by atoms with Crippen molar-refractivity contribution in [2.24, 2.45) is 11.8 Å². The maximum atomic E-state index is 12.5. The van der Waals surface area contributed by atoms with Gasteiger partial charge in [-0.1, -0.05) is 0 Å². The largest absolute Gasteiger partial charge is 0.511 e. The Balaban J connectivity index is 2.21. The molecule has 19 heavy (non-hydrogen) atoms. The van der Waals surface area contributed by atoms with Crippen molar-refractivity contribution in [2.45, 2.75) is 33.1 Å². The lowest BCUT2D eigenvalue weighted by molar-refractivity contribution is -0.117. The van der Waals surface area contributed by atoms with Crippen molar-refractivity contribution in [3.63, 3.8) is 0 Å². The predicted octanol–water partition coefficient (Wildman–Crippen LogP) is 3.28. The van der Waals surface area contributed by atoms with Gasteiger partial charge in [0.25, 0.3) is 0 Å². The Bertz CT molecular complexity index is 575. The zero-order valence-electron chi connectivity index (χ0n) is 11.2. The highest BCUT2D eigenvalue weighted by Gasteiger charge is 2.41. The first-order valence-electron chi connectivity index (χ1n) is 6.77. The molecule has 0 saturated heterocycles. The maximum Gasteiger partial charge on any atom is 0.169 e. The number of phenols is 1. The lowest BCUT2D eigenvalue weighted by Crippen LogP contribution is -2.22. The third-order valence-electron chi connectivity index (χ3n) is 4.46. The molecule has 1 aromatic rings. The van der Waals surface area contributed by atoms with Crippen LogP contribution in [0.4, 0.5) is 0 Å². The number of aryl methyl sites for hydroxylation is 2. The predicted molar refractivity (Wildman–Crippen MR) is 73.0 cm³/mol. The molecule has 1 saturated carbocycles. The third-order valence-corrected chi connectivity index (χ3v) is 4.46. The van der Waals surface area contributed by atoms with Gasteiger partial charge in [-0.15, -0.1) is 0 Å². The second-order valence-corrected chi connectivity index (χ2v) is 5.79. The van der Waals surface area contributed by atoms with Gasteiger partial charge in [0, 0.05) is 11.8 Å². The van der Waals surface area contributed by atoms with E-state index in [4.69, 9.17) is 0 Å². The number of fused-ring (bicyclic) bond motifs is 2. The quantitative estimate of drug-likeness (QED) is 0.812. The first-order chi connectivity index (χ1) is 8.99. The van der Waals surface area contributed by atoms with Gasteiger partial charge in [0.2, 0.25) is 0 Å². The van der Waals surface area contributed by atoms with Crippen LogP contribution in [-0.4, -0.2) is 16.0 Å². The normalized spacial score (nSPS) is 26.1. The summed E-state index contributed by atoms with van der Waals surface area (Å²) in [7, 11) is 0. The summed E-state index contributed by atoms with van der Waals surface area (Å²) in [6, 6.07) is 3.29. The SMILES string of the molecule is Cc1cc(O)cc(C)c1C1=C(O)C2CCC(C2)C1=O. The number of hydrogen-bond acceptors (Lipinski definition) is 3. The molecule has 0 heterocycles. The molecule has 2 N–H and O–H groups in total. The van der Waals surface area contributed by atoms with E-state index < -0.39 is 0 Å². The number of Topliss-reactive ketones (excluding diaryl/α,β-unsaturated/α-hetero) is 1. The molecule has 0 amide bonds. The summed E-state index contributed by atoms with van der Waals surface area (Å²) in [5, 5.41) is 20.0. The first-order valence-corrected chi connectivity index (χ1v) is 6.77. The summed E-state index contributed by atoms with van der Waals surface area (Å²) in [4.78, 5) is 12.5. The average molecular weight is 258 g/mol. The van der Waals surface area contributed by atoms with E-state index in [1.165, 1.54) is 0 Å². The van der Waals surface area contributed by atoms with E-state index in [-0.39, 0.29) is 29.1 Å². The molecule has 0 aromatic heterocycles. The number of aliphatic hydroxyl groups is 1. The molecule has 0 radical (unpaired) electrons. The molecule has 2 bridgehead atoms. The van der Waals surface area contributed by atoms with Gasteiger partial charge in [-0.2, -0.15) is 0 Å². The van der Waals surface area contributed by atoms with Gasteiger partial charge in [-0.3, -0.25) is 4.79 Å². The minimum atomic E-state index is 0.0724. The fourth-order valence-electron chi connectivity index (χ4n) is 3.59. The van der Waals surface area contributed by atoms with Crippen molar-refractivity contribution in [2.75, 3.05) is 0 Å². The minimum Gasteiger partial charge on any atom is -0.511 e. The third kappa shape index (κ3) is 1.76. The van der Waals surface area contributed by atoms with Crippen LogP contribution in [0.1, 0.15) is 36.0 Å². The van der Waals surface area contributed by atoms with E-state index in [1.807, 2.05) is 13.8 Å². The van der Waals surface area contributed by atoms with Crippen LogP contribution in [-0.2, 0) is 4.79 Å². The van der Waals surface area contributed by atoms with Crippen molar-refractivity contribution >= 4 is 11.4 Å². The molecule has 3 rings (SSSR count). The number of aromatic hydroxyl groups is 1. The second-order valence-electron chi connectivity index (χ2n) is 5.79. The Morgan fingerprint density at radius 2 is 1.63 bits per heavy atom. The number of allylic oxidation sites excluding steroid dienone is 2. The molecular weight excluding hydrogens is 240 g/mol. The summed E-state index contributed by atoms with van der Waals surface area (Å²) < 4.78 is 0. The van der Waals surface area contributed by atoms with Gasteiger partial charge in [0.1, 0.15) is 11.5 Å². The molecule has 3 heteroatoms. The van der Waals surface area contributed by atoms with Crippen molar-refractivity contribution < 1.29 is 15.0 Å². The highest BCUT2D eigenvalue weighted by molar-refractivity contribution is 6.24. The van der Waals surface area contributed by atoms with Crippen LogP contribution in [0, 0.1) is 25.7 Å². The topological polar surface area (TPSA) is 57.5 Å². The molecule has 2 atom stereocenters. The summed E-state index contributed by atoms with van der Waals surface area (Å²) >= 11 is 0. The lowest BCUT2D eigenvalue weighted by atomic mass is 9.81. The highest BCUT2D eigenvalue weighted by Crippen LogP contribution is 2.46. The van der Waals surface area contributed by atoms with Crippen molar-refractivity contribution in [1.82, 2.24) is 0 Å². The van der Waals surface area contributed by atoms with E-state index in [0.717, 1.165) is 36.0 Å². The van der Waals surface area contributed by atoms with Gasteiger partial charge in [0.05, 0.1) is 5.57 Å². The Labute approximate surface area is 112 Å². The van der Waals surface area contributed by atoms with Crippen LogP contribution in [0.15, 0.2) is 17.9 Å². The van der Waals surface area contributed by atoms with Crippen molar-refractivity contribution in [3.05, 3.63) is 34.6 Å². The number of carbonyl (C=O) groups is 1. The molecule has 1 fully saturated rings. The zero-order chi connectivity index (χ0) is 13.7. The van der Waals surface area contributed by atoms with Crippen LogP contribution >= 0.6 is 0 Å². The van der Waals surface area contributed by atoms with Crippen LogP contribution < -0.4 is 0 Å². The molecule has 2 unspecified atom stereocenters. The maximum absolute atomic E-state index is 12.5. The van der Waals surface area contributed by atoms with Gasteiger partial charge in [0.15, 0.2) is 5.78 Å². The Morgan fingerprint density at radius 3 is 2.26 bits per heavy atom. The smallest absolute Gasteiger partial charge is 0.169 e. The fraction of sp³-hybridized carbons (Fsp3) is 0.438. The van der Waals surface area contributed by atoms with Crippen LogP contribution in [0.5, 0.6) is 5.75 Å². The van der Waals surface area contributed by atoms with Crippen LogP contribution in [0.2, 0.25) is 0 Å². The van der Waals surface area contributed by atoms with Crippen LogP contribution in [0.25, 0.3) is 5.57 Å². The molecule has 2 aliphatic carbocycles. The Kier molecular flexibility index (Phi) is 2.66. The zero-order valence-corrected chi connectivity index (χ0v) is 11.2. The van der Waals surface area contributed by atoms with Crippen molar-refractivity contribution in [1.29, 1.82) is 0 Å². The number of ketones is 1. The standard InChI is InChI=1S/C16H18O3/c1-8-5-12(17)6-9(2)13(8)14-15(18)10-3-4-11(7-10)16(14)19/h5-6,10-11,17-18H,3-4,7H2,1-2H3. The molecule has 1 aromatic carbocycles. The van der Waals surface area contributed by atoms with E-state index in [0.29, 0.717) is 5.57 Å². The number of carbonyl (C=O) groups excluding carboxylic acids is 1. The average Bonchev–Trinajstić information content (AvgIpc) is 2.76. The van der Waals surface area contributed by atoms with E-state index in [1.54, 1.807) is 12.1 Å². The molecule has 100 valence electrons. The highest BCUT2D eigenvalue weighted by atomic mass is 16.3. The molecule has 0 spiro atoms. The number of phenolic OH excluding ortho intramolecular Hbond substituents is 1. The summed E-state index contributed by atoms with van der Waals surface area (Å²) in [5.41, 5.74) is 2.98. The van der Waals surface area contributed by atoms with Gasteiger partial charge >= 0.3 is 0 Å². The number of aliphatic hydroxyl groups excluding tert-OH is 1. The van der Waals surface area contributed by atoms with Crippen LogP contribution in [0.3, 0.4) is 0 Å². The van der Waals surface area contributed by atoms with E-state index in [2.05, 4.69) is 0 Å².